The fraction of sp³-hybridized carbons (Fsp3) is 0.474. The molecule has 1 heterocycles. The van der Waals surface area contributed by atoms with Crippen LogP contribution in [-0.2, 0) is 6.54 Å². The van der Waals surface area contributed by atoms with Crippen LogP contribution in [0.25, 0.3) is 10.4 Å². The van der Waals surface area contributed by atoms with Crippen molar-refractivity contribution in [3.05, 3.63) is 47.3 Å². The molecule has 2 aromatic rings. The molecule has 0 saturated heterocycles. The van der Waals surface area contributed by atoms with Gasteiger partial charge in [0.05, 0.1) is 0 Å². The first-order valence-corrected chi connectivity index (χ1v) is 9.02. The molecule has 2 heteroatoms. The smallest absolute Gasteiger partial charge is 0.0346 e. The Morgan fingerprint density at radius 2 is 1.81 bits per heavy atom. The van der Waals surface area contributed by atoms with Crippen LogP contribution in [-0.4, -0.2) is 6.04 Å². The first-order chi connectivity index (χ1) is 10.3. The largest absolute Gasteiger partial charge is 0.309 e. The van der Waals surface area contributed by atoms with Gasteiger partial charge in [-0.05, 0) is 43.4 Å². The predicted octanol–water partition coefficient (Wildman–Crippen LogP) is 5.47. The summed E-state index contributed by atoms with van der Waals surface area (Å²) in [5.41, 5.74) is 1.33. The molecule has 0 bridgehead atoms. The molecule has 1 aliphatic carbocycles. The van der Waals surface area contributed by atoms with E-state index in [0.717, 1.165) is 12.5 Å². The molecule has 1 aliphatic rings. The monoisotopic (exact) mass is 299 g/mol. The standard InChI is InChI=1S/C19H25NS/c1-15(16-8-4-2-5-9-16)20-14-18-12-13-19(21-18)17-10-6-3-7-11-17/h3,6-7,10-13,15-16,20H,2,4-5,8-9,14H2,1H3/t15-/m0/s1. The number of rotatable bonds is 5. The van der Waals surface area contributed by atoms with Gasteiger partial charge in [0.25, 0.3) is 0 Å². The van der Waals surface area contributed by atoms with Gasteiger partial charge in [-0.25, -0.2) is 0 Å². The molecule has 1 aromatic heterocycles. The van der Waals surface area contributed by atoms with Crippen molar-refractivity contribution in [1.82, 2.24) is 5.32 Å². The van der Waals surface area contributed by atoms with E-state index >= 15 is 0 Å². The fourth-order valence-electron chi connectivity index (χ4n) is 3.29. The van der Waals surface area contributed by atoms with Gasteiger partial charge in [-0.3, -0.25) is 0 Å². The summed E-state index contributed by atoms with van der Waals surface area (Å²) in [6, 6.07) is 15.8. The molecule has 3 rings (SSSR count). The number of nitrogens with one attached hydrogen (secondary N) is 1. The summed E-state index contributed by atoms with van der Waals surface area (Å²) >= 11 is 1.91. The van der Waals surface area contributed by atoms with Crippen molar-refractivity contribution in [2.45, 2.75) is 51.6 Å². The minimum Gasteiger partial charge on any atom is -0.309 e. The van der Waals surface area contributed by atoms with Crippen molar-refractivity contribution in [3.63, 3.8) is 0 Å². The van der Waals surface area contributed by atoms with Gasteiger partial charge in [0.2, 0.25) is 0 Å². The molecule has 1 aromatic carbocycles. The van der Waals surface area contributed by atoms with Crippen LogP contribution in [0.4, 0.5) is 0 Å². The summed E-state index contributed by atoms with van der Waals surface area (Å²) in [5, 5.41) is 3.74. The van der Waals surface area contributed by atoms with E-state index in [1.807, 2.05) is 11.3 Å². The van der Waals surface area contributed by atoms with Crippen LogP contribution in [0.5, 0.6) is 0 Å². The molecule has 0 amide bonds. The van der Waals surface area contributed by atoms with E-state index in [2.05, 4.69) is 54.7 Å². The highest BCUT2D eigenvalue weighted by molar-refractivity contribution is 7.15. The average Bonchev–Trinajstić information content (AvgIpc) is 3.03. The number of thiophene rings is 1. The summed E-state index contributed by atoms with van der Waals surface area (Å²) < 4.78 is 0. The Hall–Kier alpha value is -1.12. The van der Waals surface area contributed by atoms with E-state index in [-0.39, 0.29) is 0 Å². The summed E-state index contributed by atoms with van der Waals surface area (Å²) in [6.45, 7) is 3.37. The summed E-state index contributed by atoms with van der Waals surface area (Å²) in [5.74, 6) is 0.882. The Bertz CT molecular complexity index is 540. The van der Waals surface area contributed by atoms with Crippen molar-refractivity contribution >= 4 is 11.3 Å². The molecule has 0 spiro atoms. The highest BCUT2D eigenvalue weighted by atomic mass is 32.1. The minimum absolute atomic E-state index is 0.646. The molecule has 112 valence electrons. The van der Waals surface area contributed by atoms with Crippen LogP contribution in [0, 0.1) is 5.92 Å². The van der Waals surface area contributed by atoms with E-state index in [9.17, 15) is 0 Å². The zero-order chi connectivity index (χ0) is 14.5. The van der Waals surface area contributed by atoms with Crippen LogP contribution in [0.3, 0.4) is 0 Å². The van der Waals surface area contributed by atoms with Crippen molar-refractivity contribution in [1.29, 1.82) is 0 Å². The van der Waals surface area contributed by atoms with E-state index < -0.39 is 0 Å². The maximum absolute atomic E-state index is 3.74. The van der Waals surface area contributed by atoms with Gasteiger partial charge < -0.3 is 5.32 Å². The lowest BCUT2D eigenvalue weighted by Crippen LogP contribution is -2.33. The fourth-order valence-corrected chi connectivity index (χ4v) is 4.26. The first kappa shape index (κ1) is 14.8. The second kappa shape index (κ2) is 7.24. The summed E-state index contributed by atoms with van der Waals surface area (Å²) in [4.78, 5) is 2.81. The third kappa shape index (κ3) is 3.96. The van der Waals surface area contributed by atoms with Crippen LogP contribution in [0.1, 0.15) is 43.9 Å². The molecular formula is C19H25NS. The Labute approximate surface area is 132 Å². The van der Waals surface area contributed by atoms with Gasteiger partial charge in [0.1, 0.15) is 0 Å². The van der Waals surface area contributed by atoms with Gasteiger partial charge in [-0.15, -0.1) is 11.3 Å². The Balaban J connectivity index is 1.55. The van der Waals surface area contributed by atoms with E-state index in [1.165, 1.54) is 47.4 Å². The zero-order valence-electron chi connectivity index (χ0n) is 12.8. The number of benzene rings is 1. The maximum Gasteiger partial charge on any atom is 0.0346 e. The Morgan fingerprint density at radius 1 is 1.05 bits per heavy atom. The van der Waals surface area contributed by atoms with Crippen molar-refractivity contribution in [2.75, 3.05) is 0 Å². The lowest BCUT2D eigenvalue weighted by molar-refractivity contribution is 0.281. The van der Waals surface area contributed by atoms with Crippen molar-refractivity contribution < 1.29 is 0 Å². The molecule has 0 aliphatic heterocycles. The molecule has 1 nitrogen and oxygen atoms in total. The highest BCUT2D eigenvalue weighted by Gasteiger charge is 2.19. The lowest BCUT2D eigenvalue weighted by atomic mass is 9.84. The van der Waals surface area contributed by atoms with Crippen LogP contribution < -0.4 is 5.32 Å². The third-order valence-electron chi connectivity index (χ3n) is 4.68. The van der Waals surface area contributed by atoms with Gasteiger partial charge in [-0.1, -0.05) is 49.6 Å². The molecular weight excluding hydrogens is 274 g/mol. The van der Waals surface area contributed by atoms with Crippen molar-refractivity contribution in [2.24, 2.45) is 5.92 Å². The van der Waals surface area contributed by atoms with Crippen LogP contribution >= 0.6 is 11.3 Å². The minimum atomic E-state index is 0.646. The molecule has 0 radical (unpaired) electrons. The van der Waals surface area contributed by atoms with Gasteiger partial charge in [-0.2, -0.15) is 0 Å². The summed E-state index contributed by atoms with van der Waals surface area (Å²) in [6.07, 6.45) is 7.11. The van der Waals surface area contributed by atoms with Gasteiger partial charge in [0, 0.05) is 22.3 Å². The van der Waals surface area contributed by atoms with Gasteiger partial charge >= 0.3 is 0 Å². The zero-order valence-corrected chi connectivity index (χ0v) is 13.7. The molecule has 0 unspecified atom stereocenters. The molecule has 1 atom stereocenters. The number of hydrogen-bond donors (Lipinski definition) is 1. The summed E-state index contributed by atoms with van der Waals surface area (Å²) in [7, 11) is 0. The molecule has 1 saturated carbocycles. The van der Waals surface area contributed by atoms with Crippen LogP contribution in [0.15, 0.2) is 42.5 Å². The lowest BCUT2D eigenvalue weighted by Gasteiger charge is -2.28. The van der Waals surface area contributed by atoms with E-state index in [1.54, 1.807) is 0 Å². The quantitative estimate of drug-likeness (QED) is 0.771. The SMILES string of the molecule is C[C@H](NCc1ccc(-c2ccccc2)s1)C1CCCCC1. The average molecular weight is 299 g/mol. The topological polar surface area (TPSA) is 12.0 Å². The normalized spacial score (nSPS) is 17.8. The van der Waals surface area contributed by atoms with Gasteiger partial charge in [0.15, 0.2) is 0 Å². The third-order valence-corrected chi connectivity index (χ3v) is 5.81. The maximum atomic E-state index is 3.74. The molecule has 1 fully saturated rings. The first-order valence-electron chi connectivity index (χ1n) is 8.20. The Kier molecular flexibility index (Phi) is 5.10. The second-order valence-corrected chi connectivity index (χ2v) is 7.37. The second-order valence-electron chi connectivity index (χ2n) is 6.20. The number of hydrogen-bond acceptors (Lipinski definition) is 2. The molecule has 1 N–H and O–H groups in total. The highest BCUT2D eigenvalue weighted by Crippen LogP contribution is 2.29. The molecule has 21 heavy (non-hydrogen) atoms. The van der Waals surface area contributed by atoms with Crippen molar-refractivity contribution in [3.8, 4) is 10.4 Å². The van der Waals surface area contributed by atoms with E-state index in [4.69, 9.17) is 0 Å². The van der Waals surface area contributed by atoms with E-state index in [0.29, 0.717) is 6.04 Å². The van der Waals surface area contributed by atoms with Crippen LogP contribution in [0.2, 0.25) is 0 Å². The Morgan fingerprint density at radius 3 is 2.57 bits per heavy atom. The predicted molar refractivity (Wildman–Crippen MR) is 92.6 cm³/mol.